The molecule has 0 aromatic heterocycles. The minimum atomic E-state index is -4.95. The second-order valence-corrected chi connectivity index (χ2v) is 8.46. The van der Waals surface area contributed by atoms with Gasteiger partial charge in [-0.25, -0.2) is 13.2 Å². The molecule has 0 N–H and O–H groups in total. The molecule has 2 unspecified atom stereocenters. The number of unbranched alkanes of at least 4 members (excludes halogenated alkanes) is 5. The monoisotopic (exact) mass is 466 g/mol. The smallest absolute Gasteiger partial charge is 0.239 e. The quantitative estimate of drug-likeness (QED) is 0.256. The molecule has 0 heterocycles. The summed E-state index contributed by atoms with van der Waals surface area (Å²) in [6.45, 7) is 2.16. The van der Waals surface area contributed by atoms with E-state index < -0.39 is 40.5 Å². The van der Waals surface area contributed by atoms with Gasteiger partial charge in [0.1, 0.15) is 5.82 Å². The van der Waals surface area contributed by atoms with Crippen molar-refractivity contribution in [2.45, 2.75) is 69.9 Å². The number of alkyl halides is 5. The lowest BCUT2D eigenvalue weighted by molar-refractivity contribution is -0.140. The summed E-state index contributed by atoms with van der Waals surface area (Å²) in [5.41, 5.74) is -4.48. The molecule has 1 aliphatic rings. The molecule has 1 aliphatic carbocycles. The average molecular weight is 467 g/mol. The van der Waals surface area contributed by atoms with E-state index in [0.29, 0.717) is 6.07 Å². The van der Waals surface area contributed by atoms with Crippen LogP contribution in [0.1, 0.15) is 67.7 Å². The summed E-state index contributed by atoms with van der Waals surface area (Å²) in [4.78, 5) is 0. The van der Waals surface area contributed by atoms with Gasteiger partial charge in [0, 0.05) is 11.1 Å². The fourth-order valence-electron chi connectivity index (χ4n) is 4.23. The molecule has 0 radical (unpaired) electrons. The van der Waals surface area contributed by atoms with Crippen LogP contribution in [0.25, 0.3) is 5.57 Å². The first-order chi connectivity index (χ1) is 15.7. The van der Waals surface area contributed by atoms with Gasteiger partial charge in [-0.3, -0.25) is 0 Å². The topological polar surface area (TPSA) is 0 Å². The van der Waals surface area contributed by atoms with E-state index in [1.807, 2.05) is 0 Å². The Balaban J connectivity index is 1.86. The summed E-state index contributed by atoms with van der Waals surface area (Å²) >= 11 is 0. The molecular weight excluding hydrogens is 438 g/mol. The highest BCUT2D eigenvalue weighted by Gasteiger charge is 2.47. The predicted molar refractivity (Wildman–Crippen MR) is 120 cm³/mol. The number of hydrogen-bond donors (Lipinski definition) is 0. The van der Waals surface area contributed by atoms with Crippen LogP contribution in [0.5, 0.6) is 0 Å². The first kappa shape index (κ1) is 25.1. The van der Waals surface area contributed by atoms with Gasteiger partial charge in [0.15, 0.2) is 11.8 Å². The Bertz CT molecular complexity index is 987. The third-order valence-electron chi connectivity index (χ3n) is 6.10. The highest BCUT2D eigenvalue weighted by atomic mass is 19.4. The third kappa shape index (κ3) is 5.53. The van der Waals surface area contributed by atoms with E-state index in [0.717, 1.165) is 55.5 Å². The van der Waals surface area contributed by atoms with Crippen molar-refractivity contribution in [2.24, 2.45) is 0 Å². The van der Waals surface area contributed by atoms with Crippen molar-refractivity contribution >= 4 is 5.57 Å². The normalized spacial score (nSPS) is 20.7. The van der Waals surface area contributed by atoms with Gasteiger partial charge in [0.25, 0.3) is 0 Å². The van der Waals surface area contributed by atoms with Crippen molar-refractivity contribution in [3.8, 4) is 0 Å². The van der Waals surface area contributed by atoms with Gasteiger partial charge in [-0.1, -0.05) is 87.6 Å². The van der Waals surface area contributed by atoms with Crippen molar-refractivity contribution in [1.29, 1.82) is 0 Å². The maximum atomic E-state index is 16.3. The van der Waals surface area contributed by atoms with Crippen LogP contribution in [0.4, 0.5) is 26.3 Å². The fraction of sp³-hybridized carbons (Fsp3) is 0.407. The summed E-state index contributed by atoms with van der Waals surface area (Å²) in [5.74, 6) is -1.61. The summed E-state index contributed by atoms with van der Waals surface area (Å²) in [5, 5.41) is 0. The second kappa shape index (κ2) is 10.6. The SMILES string of the molecule is CCCCCCCCc1ccc(C2(F)C(c3cccc(C(F)(F)F)c3F)=CC=CC2F)cc1. The van der Waals surface area contributed by atoms with E-state index in [4.69, 9.17) is 0 Å². The Kier molecular flexibility index (Phi) is 8.09. The molecule has 178 valence electrons. The van der Waals surface area contributed by atoms with Gasteiger partial charge in [-0.15, -0.1) is 0 Å². The lowest BCUT2D eigenvalue weighted by atomic mass is 9.77. The zero-order chi connectivity index (χ0) is 24.1. The summed E-state index contributed by atoms with van der Waals surface area (Å²) < 4.78 is 85.5. The molecule has 33 heavy (non-hydrogen) atoms. The first-order valence-corrected chi connectivity index (χ1v) is 11.4. The Morgan fingerprint density at radius 3 is 2.24 bits per heavy atom. The van der Waals surface area contributed by atoms with Crippen LogP contribution in [0.3, 0.4) is 0 Å². The predicted octanol–water partition coefficient (Wildman–Crippen LogP) is 8.90. The molecular formula is C27H28F6. The van der Waals surface area contributed by atoms with E-state index >= 15 is 4.39 Å². The van der Waals surface area contributed by atoms with Crippen LogP contribution in [0.15, 0.2) is 60.7 Å². The van der Waals surface area contributed by atoms with Crippen LogP contribution in [0, 0.1) is 5.82 Å². The molecule has 0 saturated carbocycles. The molecule has 2 aromatic carbocycles. The van der Waals surface area contributed by atoms with E-state index in [1.54, 1.807) is 12.1 Å². The van der Waals surface area contributed by atoms with Crippen LogP contribution in [-0.2, 0) is 18.3 Å². The Labute approximate surface area is 191 Å². The maximum Gasteiger partial charge on any atom is 0.419 e. The van der Waals surface area contributed by atoms with Gasteiger partial charge in [-0.05, 0) is 36.1 Å². The van der Waals surface area contributed by atoms with Crippen LogP contribution in [-0.4, -0.2) is 6.17 Å². The van der Waals surface area contributed by atoms with E-state index in [-0.39, 0.29) is 5.56 Å². The molecule has 0 bridgehead atoms. The molecule has 0 amide bonds. The van der Waals surface area contributed by atoms with Crippen molar-refractivity contribution in [3.05, 3.63) is 88.8 Å². The molecule has 6 heteroatoms. The lowest BCUT2D eigenvalue weighted by Crippen LogP contribution is -2.34. The minimum Gasteiger partial charge on any atom is -0.239 e. The second-order valence-electron chi connectivity index (χ2n) is 8.46. The zero-order valence-electron chi connectivity index (χ0n) is 18.6. The van der Waals surface area contributed by atoms with Crippen LogP contribution >= 0.6 is 0 Å². The van der Waals surface area contributed by atoms with Gasteiger partial charge >= 0.3 is 6.18 Å². The van der Waals surface area contributed by atoms with E-state index in [1.165, 1.54) is 37.5 Å². The molecule has 0 spiro atoms. The van der Waals surface area contributed by atoms with Crippen molar-refractivity contribution in [3.63, 3.8) is 0 Å². The van der Waals surface area contributed by atoms with Gasteiger partial charge in [0.05, 0.1) is 5.56 Å². The van der Waals surface area contributed by atoms with Crippen molar-refractivity contribution in [2.75, 3.05) is 0 Å². The summed E-state index contributed by atoms with van der Waals surface area (Å²) in [6.07, 6.45) is 3.84. The van der Waals surface area contributed by atoms with Gasteiger partial charge in [0.2, 0.25) is 0 Å². The van der Waals surface area contributed by atoms with Crippen LogP contribution < -0.4 is 0 Å². The highest BCUT2D eigenvalue weighted by Crippen LogP contribution is 2.48. The largest absolute Gasteiger partial charge is 0.419 e. The average Bonchev–Trinajstić information content (AvgIpc) is 2.78. The molecule has 0 fully saturated rings. The molecule has 2 aromatic rings. The molecule has 2 atom stereocenters. The Morgan fingerprint density at radius 1 is 0.909 bits per heavy atom. The third-order valence-corrected chi connectivity index (χ3v) is 6.10. The van der Waals surface area contributed by atoms with E-state index in [9.17, 15) is 22.0 Å². The molecule has 0 saturated heterocycles. The molecule has 3 rings (SSSR count). The van der Waals surface area contributed by atoms with Crippen LogP contribution in [0.2, 0.25) is 0 Å². The van der Waals surface area contributed by atoms with Crippen molar-refractivity contribution in [1.82, 2.24) is 0 Å². The Morgan fingerprint density at radius 2 is 1.58 bits per heavy atom. The minimum absolute atomic E-state index is 0.0610. The highest BCUT2D eigenvalue weighted by molar-refractivity contribution is 5.78. The van der Waals surface area contributed by atoms with Gasteiger partial charge in [-0.2, -0.15) is 13.2 Å². The lowest BCUT2D eigenvalue weighted by Gasteiger charge is -2.33. The number of halogens is 6. The number of benzene rings is 2. The van der Waals surface area contributed by atoms with Gasteiger partial charge < -0.3 is 0 Å². The maximum absolute atomic E-state index is 16.3. The summed E-state index contributed by atoms with van der Waals surface area (Å²) in [6, 6.07) is 8.92. The summed E-state index contributed by atoms with van der Waals surface area (Å²) in [7, 11) is 0. The number of hydrogen-bond acceptors (Lipinski definition) is 0. The number of aryl methyl sites for hydroxylation is 1. The molecule has 0 aliphatic heterocycles. The number of allylic oxidation sites excluding steroid dienone is 4. The van der Waals surface area contributed by atoms with E-state index in [2.05, 4.69) is 6.92 Å². The molecule has 0 nitrogen and oxygen atoms in total. The Hall–Kier alpha value is -2.50. The van der Waals surface area contributed by atoms with Crippen molar-refractivity contribution < 1.29 is 26.3 Å². The standard InChI is InChI=1S/C27H28F6/c1-2-3-4-5-6-7-10-19-15-17-20(18-16-19)26(30)22(12-9-14-24(26)28)21-11-8-13-23(25(21)29)27(31,32)33/h8-9,11-18,24H,2-7,10H2,1H3. The zero-order valence-corrected chi connectivity index (χ0v) is 18.6. The fourth-order valence-corrected chi connectivity index (χ4v) is 4.23. The first-order valence-electron chi connectivity index (χ1n) is 11.4. The number of rotatable bonds is 9.